The summed E-state index contributed by atoms with van der Waals surface area (Å²) in [7, 11) is 1.58. The van der Waals surface area contributed by atoms with Gasteiger partial charge in [-0.2, -0.15) is 0 Å². The molecule has 0 saturated heterocycles. The lowest BCUT2D eigenvalue weighted by Crippen LogP contribution is -2.36. The van der Waals surface area contributed by atoms with Gasteiger partial charge < -0.3 is 15.4 Å². The van der Waals surface area contributed by atoms with E-state index in [1.165, 1.54) is 12.1 Å². The number of hydrogen-bond donors (Lipinski definition) is 1. The van der Waals surface area contributed by atoms with Gasteiger partial charge in [-0.3, -0.25) is 0 Å². The lowest BCUT2D eigenvalue weighted by molar-refractivity contribution is 0.203. The Morgan fingerprint density at radius 3 is 2.35 bits per heavy atom. The van der Waals surface area contributed by atoms with Crippen LogP contribution in [0.2, 0.25) is 0 Å². The Balaban J connectivity index is 3.12. The standard InChI is InChI=1S/C15H24F2N2O/c1-4-11(2)19(7-8-20-3)15-13(16)9-12(5-6-18)10-14(15)17/h9-11H,4-8,18H2,1-3H3. The third-order valence-electron chi connectivity index (χ3n) is 3.46. The Hall–Kier alpha value is -1.20. The molecule has 1 rings (SSSR count). The maximum Gasteiger partial charge on any atom is 0.149 e. The lowest BCUT2D eigenvalue weighted by atomic mass is 10.1. The summed E-state index contributed by atoms with van der Waals surface area (Å²) in [6, 6.07) is 2.77. The fraction of sp³-hybridized carbons (Fsp3) is 0.600. The molecule has 2 N–H and O–H groups in total. The summed E-state index contributed by atoms with van der Waals surface area (Å²) in [5.74, 6) is -1.07. The SMILES string of the molecule is CCC(C)N(CCOC)c1c(F)cc(CCN)cc1F. The van der Waals surface area contributed by atoms with Gasteiger partial charge in [0.25, 0.3) is 0 Å². The maximum atomic E-state index is 14.2. The monoisotopic (exact) mass is 286 g/mol. The van der Waals surface area contributed by atoms with Crippen molar-refractivity contribution in [2.75, 3.05) is 31.7 Å². The van der Waals surface area contributed by atoms with Gasteiger partial charge in [-0.15, -0.1) is 0 Å². The van der Waals surface area contributed by atoms with Gasteiger partial charge in [0.15, 0.2) is 0 Å². The molecule has 1 atom stereocenters. The Labute approximate surface area is 119 Å². The highest BCUT2D eigenvalue weighted by Crippen LogP contribution is 2.27. The molecule has 0 radical (unpaired) electrons. The van der Waals surface area contributed by atoms with Crippen LogP contribution in [0.5, 0.6) is 0 Å². The molecule has 0 amide bonds. The van der Waals surface area contributed by atoms with E-state index in [-0.39, 0.29) is 11.7 Å². The zero-order valence-electron chi connectivity index (χ0n) is 12.5. The number of nitrogens with two attached hydrogens (primary N) is 1. The zero-order chi connectivity index (χ0) is 15.1. The number of benzene rings is 1. The predicted octanol–water partition coefficient (Wildman–Crippen LogP) is 2.72. The highest BCUT2D eigenvalue weighted by atomic mass is 19.1. The highest BCUT2D eigenvalue weighted by molar-refractivity contribution is 5.51. The lowest BCUT2D eigenvalue weighted by Gasteiger charge is -2.31. The molecule has 0 aliphatic carbocycles. The maximum absolute atomic E-state index is 14.2. The second kappa shape index (κ2) is 8.17. The first-order chi connectivity index (χ1) is 9.54. The van der Waals surface area contributed by atoms with Gasteiger partial charge in [-0.05, 0) is 44.0 Å². The first-order valence-electron chi connectivity index (χ1n) is 6.98. The zero-order valence-corrected chi connectivity index (χ0v) is 12.5. The minimum atomic E-state index is -0.537. The fourth-order valence-corrected chi connectivity index (χ4v) is 2.17. The predicted molar refractivity (Wildman–Crippen MR) is 78.1 cm³/mol. The van der Waals surface area contributed by atoms with Crippen molar-refractivity contribution in [1.82, 2.24) is 0 Å². The number of rotatable bonds is 8. The van der Waals surface area contributed by atoms with E-state index in [1.807, 2.05) is 13.8 Å². The van der Waals surface area contributed by atoms with Crippen LogP contribution in [0, 0.1) is 11.6 Å². The van der Waals surface area contributed by atoms with E-state index in [1.54, 1.807) is 12.0 Å². The van der Waals surface area contributed by atoms with Crippen molar-refractivity contribution < 1.29 is 13.5 Å². The van der Waals surface area contributed by atoms with Gasteiger partial charge in [0, 0.05) is 19.7 Å². The summed E-state index contributed by atoms with van der Waals surface area (Å²) in [5.41, 5.74) is 6.03. The van der Waals surface area contributed by atoms with Crippen LogP contribution in [0.15, 0.2) is 12.1 Å². The van der Waals surface area contributed by atoms with E-state index in [4.69, 9.17) is 10.5 Å². The van der Waals surface area contributed by atoms with Gasteiger partial charge >= 0.3 is 0 Å². The van der Waals surface area contributed by atoms with Crippen molar-refractivity contribution in [1.29, 1.82) is 0 Å². The van der Waals surface area contributed by atoms with Crippen molar-refractivity contribution >= 4 is 5.69 Å². The van der Waals surface area contributed by atoms with E-state index < -0.39 is 11.6 Å². The molecule has 20 heavy (non-hydrogen) atoms. The topological polar surface area (TPSA) is 38.5 Å². The van der Waals surface area contributed by atoms with Gasteiger partial charge in [0.05, 0.1) is 6.61 Å². The van der Waals surface area contributed by atoms with Crippen molar-refractivity contribution in [2.24, 2.45) is 5.73 Å². The Morgan fingerprint density at radius 1 is 1.30 bits per heavy atom. The number of halogens is 2. The Kier molecular flexibility index (Phi) is 6.88. The van der Waals surface area contributed by atoms with E-state index in [9.17, 15) is 8.78 Å². The van der Waals surface area contributed by atoms with E-state index >= 15 is 0 Å². The fourth-order valence-electron chi connectivity index (χ4n) is 2.17. The second-order valence-corrected chi connectivity index (χ2v) is 4.89. The summed E-state index contributed by atoms with van der Waals surface area (Å²) in [6.07, 6.45) is 1.27. The highest BCUT2D eigenvalue weighted by Gasteiger charge is 2.21. The molecule has 0 fully saturated rings. The normalized spacial score (nSPS) is 12.5. The van der Waals surface area contributed by atoms with E-state index in [0.717, 1.165) is 6.42 Å². The van der Waals surface area contributed by atoms with Crippen LogP contribution >= 0.6 is 0 Å². The van der Waals surface area contributed by atoms with Crippen LogP contribution < -0.4 is 10.6 Å². The van der Waals surface area contributed by atoms with Crippen molar-refractivity contribution in [3.05, 3.63) is 29.3 Å². The molecular weight excluding hydrogens is 262 g/mol. The summed E-state index contributed by atoms with van der Waals surface area (Å²) >= 11 is 0. The quantitative estimate of drug-likeness (QED) is 0.798. The summed E-state index contributed by atoms with van der Waals surface area (Å²) in [4.78, 5) is 1.72. The summed E-state index contributed by atoms with van der Waals surface area (Å²) in [6.45, 7) is 5.19. The summed E-state index contributed by atoms with van der Waals surface area (Å²) in [5, 5.41) is 0. The third-order valence-corrected chi connectivity index (χ3v) is 3.46. The first-order valence-corrected chi connectivity index (χ1v) is 6.98. The smallest absolute Gasteiger partial charge is 0.149 e. The number of hydrogen-bond acceptors (Lipinski definition) is 3. The van der Waals surface area contributed by atoms with Crippen molar-refractivity contribution in [2.45, 2.75) is 32.7 Å². The Bertz CT molecular complexity index is 403. The minimum absolute atomic E-state index is 0.0252. The molecular formula is C15H24F2N2O. The first kappa shape index (κ1) is 16.9. The number of nitrogens with zero attached hydrogens (tertiary/aromatic N) is 1. The number of anilines is 1. The van der Waals surface area contributed by atoms with Gasteiger partial charge in [0.2, 0.25) is 0 Å². The van der Waals surface area contributed by atoms with Gasteiger partial charge in [-0.25, -0.2) is 8.78 Å². The summed E-state index contributed by atoms with van der Waals surface area (Å²) < 4.78 is 33.5. The molecule has 1 aromatic rings. The van der Waals surface area contributed by atoms with Gasteiger partial charge in [0.1, 0.15) is 17.3 Å². The van der Waals surface area contributed by atoms with Crippen LogP contribution in [0.25, 0.3) is 0 Å². The molecule has 0 aromatic heterocycles. The molecule has 0 aliphatic heterocycles. The molecule has 0 bridgehead atoms. The molecule has 0 aliphatic rings. The van der Waals surface area contributed by atoms with Crippen LogP contribution in [0.4, 0.5) is 14.5 Å². The molecule has 114 valence electrons. The molecule has 0 spiro atoms. The average Bonchev–Trinajstić information content (AvgIpc) is 2.41. The molecule has 5 heteroatoms. The molecule has 1 aromatic carbocycles. The van der Waals surface area contributed by atoms with Crippen LogP contribution in [-0.2, 0) is 11.2 Å². The van der Waals surface area contributed by atoms with Crippen LogP contribution in [0.1, 0.15) is 25.8 Å². The number of methoxy groups -OCH3 is 1. The van der Waals surface area contributed by atoms with Crippen LogP contribution in [0.3, 0.4) is 0 Å². The van der Waals surface area contributed by atoms with Gasteiger partial charge in [-0.1, -0.05) is 6.92 Å². The van der Waals surface area contributed by atoms with Crippen LogP contribution in [-0.4, -0.2) is 32.8 Å². The Morgan fingerprint density at radius 2 is 1.90 bits per heavy atom. The number of ether oxygens (including phenoxy) is 1. The van der Waals surface area contributed by atoms with E-state index in [2.05, 4.69) is 0 Å². The third kappa shape index (κ3) is 4.15. The average molecular weight is 286 g/mol. The van der Waals surface area contributed by atoms with Crippen molar-refractivity contribution in [3.63, 3.8) is 0 Å². The van der Waals surface area contributed by atoms with E-state index in [0.29, 0.717) is 31.7 Å². The molecule has 0 heterocycles. The molecule has 3 nitrogen and oxygen atoms in total. The molecule has 0 saturated carbocycles. The second-order valence-electron chi connectivity index (χ2n) is 4.89. The molecule has 1 unspecified atom stereocenters. The van der Waals surface area contributed by atoms with Crippen molar-refractivity contribution in [3.8, 4) is 0 Å². The minimum Gasteiger partial charge on any atom is -0.383 e. The largest absolute Gasteiger partial charge is 0.383 e.